The maximum Gasteiger partial charge on any atom is 0.255 e. The Morgan fingerprint density at radius 3 is 2.42 bits per heavy atom. The summed E-state index contributed by atoms with van der Waals surface area (Å²) in [5, 5.41) is 37.3. The van der Waals surface area contributed by atoms with Gasteiger partial charge in [0.25, 0.3) is 5.91 Å². The number of phenolic OH excluding ortho intramolecular Hbond substituents is 1. The van der Waals surface area contributed by atoms with Crippen molar-refractivity contribution in [1.29, 1.82) is 0 Å². The third-order valence-electron chi connectivity index (χ3n) is 10.2. The molecule has 4 aliphatic carbocycles. The second-order valence-corrected chi connectivity index (χ2v) is 13.0. The molecule has 0 bridgehead atoms. The molecule has 0 aromatic heterocycles. The minimum absolute atomic E-state index is 0.0599. The number of hydrogen-bond donors (Lipinski definition) is 5. The highest BCUT2D eigenvalue weighted by Gasteiger charge is 2.55. The molecule has 45 heavy (non-hydrogen) atoms. The van der Waals surface area contributed by atoms with Crippen molar-refractivity contribution in [1.82, 2.24) is 10.2 Å². The summed E-state index contributed by atoms with van der Waals surface area (Å²) < 4.78 is 5.76. The van der Waals surface area contributed by atoms with Gasteiger partial charge in [-0.25, -0.2) is 0 Å². The summed E-state index contributed by atoms with van der Waals surface area (Å²) in [6, 6.07) is 9.01. The number of amides is 1. The molecule has 6 N–H and O–H groups in total. The number of allylic oxidation sites excluding steroid dienone is 1. The summed E-state index contributed by atoms with van der Waals surface area (Å²) in [7, 11) is 5.01. The van der Waals surface area contributed by atoms with Gasteiger partial charge in [-0.1, -0.05) is 31.4 Å². The Bertz CT molecular complexity index is 1640. The van der Waals surface area contributed by atoms with Crippen LogP contribution >= 0.6 is 0 Å². The van der Waals surface area contributed by atoms with Crippen molar-refractivity contribution in [3.63, 3.8) is 0 Å². The lowest BCUT2D eigenvalue weighted by atomic mass is 9.59. The normalized spacial score (nSPS) is 25.2. The highest BCUT2D eigenvalue weighted by atomic mass is 16.5. The number of methoxy groups -OCH3 is 1. The molecule has 10 nitrogen and oxygen atoms in total. The fourth-order valence-corrected chi connectivity index (χ4v) is 8.16. The van der Waals surface area contributed by atoms with Crippen molar-refractivity contribution in [2.24, 2.45) is 23.5 Å². The van der Waals surface area contributed by atoms with Crippen molar-refractivity contribution in [3.05, 3.63) is 63.9 Å². The number of aromatic hydroxyl groups is 1. The van der Waals surface area contributed by atoms with Gasteiger partial charge in [0.1, 0.15) is 28.6 Å². The van der Waals surface area contributed by atoms with E-state index in [9.17, 15) is 29.7 Å². The van der Waals surface area contributed by atoms with E-state index in [1.807, 2.05) is 12.1 Å². The molecule has 0 heterocycles. The molecule has 2 saturated carbocycles. The molecule has 10 heteroatoms. The summed E-state index contributed by atoms with van der Waals surface area (Å²) in [5.41, 5.74) is 8.42. The highest BCUT2D eigenvalue weighted by molar-refractivity contribution is 6.28. The van der Waals surface area contributed by atoms with E-state index in [0.29, 0.717) is 30.3 Å². The van der Waals surface area contributed by atoms with Gasteiger partial charge in [0.15, 0.2) is 11.6 Å². The Hall–Kier alpha value is -4.15. The van der Waals surface area contributed by atoms with Gasteiger partial charge in [0.05, 0.1) is 24.6 Å². The first kappa shape index (κ1) is 30.9. The number of nitrogens with two attached hydrogens (primary N) is 1. The third-order valence-corrected chi connectivity index (χ3v) is 10.2. The molecule has 2 aromatic rings. The Labute approximate surface area is 262 Å². The van der Waals surface area contributed by atoms with Crippen molar-refractivity contribution in [3.8, 4) is 22.6 Å². The zero-order valence-electron chi connectivity index (χ0n) is 25.9. The van der Waals surface area contributed by atoms with Crippen LogP contribution in [-0.4, -0.2) is 71.0 Å². The minimum Gasteiger partial charge on any atom is -0.510 e. The van der Waals surface area contributed by atoms with Crippen molar-refractivity contribution >= 4 is 23.2 Å². The minimum atomic E-state index is -1.29. The lowest BCUT2D eigenvalue weighted by molar-refractivity contribution is -0.136. The number of carbonyl (C=O) groups is 3. The quantitative estimate of drug-likeness (QED) is 0.229. The van der Waals surface area contributed by atoms with Crippen molar-refractivity contribution in [2.75, 3.05) is 21.2 Å². The van der Waals surface area contributed by atoms with Crippen LogP contribution in [0.3, 0.4) is 0 Å². The molecule has 0 aliphatic heterocycles. The zero-order valence-corrected chi connectivity index (χ0v) is 25.9. The van der Waals surface area contributed by atoms with E-state index >= 15 is 0 Å². The number of fused-ring (bicyclic) bond motifs is 3. The van der Waals surface area contributed by atoms with Crippen molar-refractivity contribution < 1.29 is 34.4 Å². The van der Waals surface area contributed by atoms with Crippen LogP contribution in [0.15, 0.2) is 47.2 Å². The molecule has 2 aromatic carbocycles. The van der Waals surface area contributed by atoms with Gasteiger partial charge in [-0.05, 0) is 86.5 Å². The van der Waals surface area contributed by atoms with E-state index < -0.39 is 52.6 Å². The maximum absolute atomic E-state index is 14.1. The van der Waals surface area contributed by atoms with Crippen LogP contribution in [0.25, 0.3) is 16.9 Å². The van der Waals surface area contributed by atoms with Crippen LogP contribution in [-0.2, 0) is 27.3 Å². The molecule has 0 saturated heterocycles. The second kappa shape index (κ2) is 12.0. The van der Waals surface area contributed by atoms with Gasteiger partial charge < -0.3 is 31.1 Å². The molecule has 0 radical (unpaired) electrons. The number of likely N-dealkylation sites (N-methyl/N-ethyl adjacent to an activating group) is 1. The van der Waals surface area contributed by atoms with Crippen LogP contribution < -0.4 is 15.8 Å². The SMILES string of the molecule is COc1ccc(CNC2CCCCC2)cc1-c1ccc(O)c2c1C[C@H]1C[C@@H]3C(C(=O)C(C(N)=O)=C(O)[C@H]3N(C)C)C(=O)C1=C2O. The molecule has 1 amide bonds. The lowest BCUT2D eigenvalue weighted by Crippen LogP contribution is -2.55. The summed E-state index contributed by atoms with van der Waals surface area (Å²) in [6.07, 6.45) is 6.69. The summed E-state index contributed by atoms with van der Waals surface area (Å²) in [4.78, 5) is 41.4. The Balaban J connectivity index is 1.42. The van der Waals surface area contributed by atoms with E-state index in [4.69, 9.17) is 10.5 Å². The van der Waals surface area contributed by atoms with E-state index in [0.717, 1.165) is 16.7 Å². The summed E-state index contributed by atoms with van der Waals surface area (Å²) in [5.74, 6) is -5.31. The Morgan fingerprint density at radius 2 is 1.76 bits per heavy atom. The number of aliphatic hydroxyl groups is 2. The molecular weight excluding hydrogens is 574 g/mol. The molecule has 0 spiro atoms. The fraction of sp³-hybridized carbons (Fsp3) is 0.457. The number of nitrogens with one attached hydrogen (secondary N) is 1. The topological polar surface area (TPSA) is 162 Å². The number of benzene rings is 2. The molecule has 2 fully saturated rings. The predicted molar refractivity (Wildman–Crippen MR) is 168 cm³/mol. The van der Waals surface area contributed by atoms with Gasteiger partial charge in [0.2, 0.25) is 0 Å². The monoisotopic (exact) mass is 615 g/mol. The van der Waals surface area contributed by atoms with Gasteiger partial charge >= 0.3 is 0 Å². The number of ether oxygens (including phenoxy) is 1. The molecule has 4 aliphatic rings. The number of nitrogens with zero attached hydrogens (tertiary/aromatic N) is 1. The molecule has 6 rings (SSSR count). The smallest absolute Gasteiger partial charge is 0.255 e. The number of ketones is 2. The van der Waals surface area contributed by atoms with Crippen LogP contribution in [0.5, 0.6) is 11.5 Å². The Morgan fingerprint density at radius 1 is 1.02 bits per heavy atom. The molecule has 1 unspecified atom stereocenters. The van der Waals surface area contributed by atoms with Crippen LogP contribution in [0, 0.1) is 17.8 Å². The van der Waals surface area contributed by atoms with Crippen molar-refractivity contribution in [2.45, 2.75) is 63.6 Å². The predicted octanol–water partition coefficient (Wildman–Crippen LogP) is 3.95. The number of carbonyl (C=O) groups excluding carboxylic acids is 3. The van der Waals surface area contributed by atoms with Crippen LogP contribution in [0.2, 0.25) is 0 Å². The standard InChI is InChI=1S/C35H41N3O7/c1-38(2)30-23-15-18-14-22-20(21-13-17(9-12-25(21)45-3)16-37-19-7-5-4-6-8-19)10-11-24(39)27(22)31(40)26(18)32(41)28(23)33(42)29(34(30)43)35(36)44/h9-13,18-19,23,28,30,37,39-40,43H,4-8,14-16H2,1-3H3,(H2,36,44)/t18-,23+,28?,30-/m0/s1. The van der Waals surface area contributed by atoms with Gasteiger partial charge in [-0.3, -0.25) is 19.3 Å². The fourth-order valence-electron chi connectivity index (χ4n) is 8.16. The number of Topliss-reactive ketones (excluding diaryl/α,β-unsaturated/α-hetero) is 2. The summed E-state index contributed by atoms with van der Waals surface area (Å²) in [6.45, 7) is 0.696. The van der Waals surface area contributed by atoms with E-state index in [2.05, 4.69) is 11.4 Å². The molecular formula is C35H41N3O7. The van der Waals surface area contributed by atoms with E-state index in [-0.39, 0.29) is 29.1 Å². The van der Waals surface area contributed by atoms with E-state index in [1.165, 1.54) is 38.2 Å². The number of aliphatic hydroxyl groups excluding tert-OH is 2. The second-order valence-electron chi connectivity index (χ2n) is 13.0. The number of hydrogen-bond acceptors (Lipinski definition) is 9. The first-order valence-corrected chi connectivity index (χ1v) is 15.7. The average Bonchev–Trinajstić information content (AvgIpc) is 3.00. The highest BCUT2D eigenvalue weighted by Crippen LogP contribution is 2.52. The largest absolute Gasteiger partial charge is 0.510 e. The summed E-state index contributed by atoms with van der Waals surface area (Å²) >= 11 is 0. The first-order chi connectivity index (χ1) is 21.5. The number of rotatable bonds is 7. The van der Waals surface area contributed by atoms with Gasteiger partial charge in [0, 0.05) is 23.7 Å². The number of primary amides is 1. The Kier molecular flexibility index (Phi) is 8.22. The lowest BCUT2D eigenvalue weighted by Gasteiger charge is -2.46. The maximum atomic E-state index is 14.1. The number of phenols is 1. The van der Waals surface area contributed by atoms with E-state index in [1.54, 1.807) is 32.2 Å². The van der Waals surface area contributed by atoms with Crippen LogP contribution in [0.4, 0.5) is 0 Å². The first-order valence-electron chi connectivity index (χ1n) is 15.7. The average molecular weight is 616 g/mol. The third kappa shape index (κ3) is 5.19. The molecule has 4 atom stereocenters. The zero-order chi connectivity index (χ0) is 32.2. The van der Waals surface area contributed by atoms with Gasteiger partial charge in [-0.15, -0.1) is 0 Å². The van der Waals surface area contributed by atoms with Crippen LogP contribution in [0.1, 0.15) is 55.2 Å². The van der Waals surface area contributed by atoms with Gasteiger partial charge in [-0.2, -0.15) is 0 Å². The molecule has 238 valence electrons.